The van der Waals surface area contributed by atoms with Gasteiger partial charge in [0.25, 0.3) is 0 Å². The van der Waals surface area contributed by atoms with E-state index < -0.39 is 21.7 Å². The zero-order valence-corrected chi connectivity index (χ0v) is 11.5. The van der Waals surface area contributed by atoms with Crippen LogP contribution in [0.25, 0.3) is 0 Å². The summed E-state index contributed by atoms with van der Waals surface area (Å²) in [6.07, 6.45) is 3.52. The summed E-state index contributed by atoms with van der Waals surface area (Å²) in [7, 11) is -3.77. The zero-order valence-electron chi connectivity index (χ0n) is 10.7. The van der Waals surface area contributed by atoms with E-state index in [9.17, 15) is 17.2 Å². The second-order valence-electron chi connectivity index (χ2n) is 5.15. The molecule has 1 N–H and O–H groups in total. The van der Waals surface area contributed by atoms with Crippen molar-refractivity contribution in [3.05, 3.63) is 29.8 Å². The number of sulfonamides is 1. The van der Waals surface area contributed by atoms with E-state index >= 15 is 0 Å². The largest absolute Gasteiger partial charge is 0.240 e. The molecule has 0 atom stereocenters. The van der Waals surface area contributed by atoms with E-state index in [1.807, 2.05) is 0 Å². The molecule has 1 fully saturated rings. The van der Waals surface area contributed by atoms with Crippen molar-refractivity contribution in [1.82, 2.24) is 4.72 Å². The summed E-state index contributed by atoms with van der Waals surface area (Å²) in [6.45, 7) is 2.14. The van der Waals surface area contributed by atoms with Crippen LogP contribution in [-0.4, -0.2) is 14.5 Å². The SMILES string of the molecule is CC1CCC(NS(=O)(=O)c2ccc(F)c(F)c2)CC1. The van der Waals surface area contributed by atoms with Gasteiger partial charge in [-0.25, -0.2) is 21.9 Å². The molecule has 3 nitrogen and oxygen atoms in total. The summed E-state index contributed by atoms with van der Waals surface area (Å²) in [5.74, 6) is -1.59. The minimum atomic E-state index is -3.77. The summed E-state index contributed by atoms with van der Waals surface area (Å²) >= 11 is 0. The van der Waals surface area contributed by atoms with Gasteiger partial charge in [0.05, 0.1) is 4.90 Å². The average Bonchev–Trinajstić information content (AvgIpc) is 2.35. The molecule has 1 aliphatic carbocycles. The fraction of sp³-hybridized carbons (Fsp3) is 0.538. The van der Waals surface area contributed by atoms with Gasteiger partial charge in [-0.2, -0.15) is 0 Å². The minimum Gasteiger partial charge on any atom is -0.208 e. The molecule has 6 heteroatoms. The molecule has 0 aromatic heterocycles. The quantitative estimate of drug-likeness (QED) is 0.930. The Balaban J connectivity index is 2.11. The first kappa shape index (κ1) is 14.4. The maximum atomic E-state index is 13.1. The van der Waals surface area contributed by atoms with Crippen LogP contribution in [0.15, 0.2) is 23.1 Å². The van der Waals surface area contributed by atoms with E-state index in [0.29, 0.717) is 12.0 Å². The van der Waals surface area contributed by atoms with Crippen molar-refractivity contribution >= 4 is 10.0 Å². The molecule has 0 aliphatic heterocycles. The van der Waals surface area contributed by atoms with Crippen LogP contribution in [0, 0.1) is 17.6 Å². The predicted molar refractivity (Wildman–Crippen MR) is 68.1 cm³/mol. The van der Waals surface area contributed by atoms with E-state index in [1.165, 1.54) is 0 Å². The fourth-order valence-corrected chi connectivity index (χ4v) is 3.63. The second-order valence-corrected chi connectivity index (χ2v) is 6.87. The van der Waals surface area contributed by atoms with E-state index in [4.69, 9.17) is 0 Å². The van der Waals surface area contributed by atoms with Gasteiger partial charge in [0, 0.05) is 6.04 Å². The number of benzene rings is 1. The Hall–Kier alpha value is -1.01. The number of nitrogens with one attached hydrogen (secondary N) is 1. The van der Waals surface area contributed by atoms with Gasteiger partial charge < -0.3 is 0 Å². The Morgan fingerprint density at radius 2 is 1.74 bits per heavy atom. The summed E-state index contributed by atoms with van der Waals surface area (Å²) in [5, 5.41) is 0. The summed E-state index contributed by atoms with van der Waals surface area (Å²) < 4.78 is 52.5. The lowest BCUT2D eigenvalue weighted by Gasteiger charge is -2.26. The van der Waals surface area contributed by atoms with Gasteiger partial charge in [-0.1, -0.05) is 6.92 Å². The number of hydrogen-bond acceptors (Lipinski definition) is 2. The molecular formula is C13H17F2NO2S. The van der Waals surface area contributed by atoms with Gasteiger partial charge in [0.2, 0.25) is 10.0 Å². The van der Waals surface area contributed by atoms with Gasteiger partial charge in [0.1, 0.15) is 0 Å². The van der Waals surface area contributed by atoms with Crippen molar-refractivity contribution in [2.24, 2.45) is 5.92 Å². The minimum absolute atomic E-state index is 0.116. The fourth-order valence-electron chi connectivity index (χ4n) is 2.31. The van der Waals surface area contributed by atoms with Crippen LogP contribution in [0.3, 0.4) is 0 Å². The normalized spacial score (nSPS) is 24.4. The van der Waals surface area contributed by atoms with Gasteiger partial charge in [-0.15, -0.1) is 0 Å². The molecule has 2 rings (SSSR count). The van der Waals surface area contributed by atoms with Crippen molar-refractivity contribution in [2.45, 2.75) is 43.5 Å². The Kier molecular flexibility index (Phi) is 4.20. The molecule has 0 heterocycles. The first-order valence-corrected chi connectivity index (χ1v) is 7.84. The molecule has 1 saturated carbocycles. The molecule has 106 valence electrons. The molecule has 1 aromatic carbocycles. The van der Waals surface area contributed by atoms with Crippen molar-refractivity contribution in [2.75, 3.05) is 0 Å². The molecule has 0 spiro atoms. The highest BCUT2D eigenvalue weighted by atomic mass is 32.2. The molecule has 0 unspecified atom stereocenters. The molecule has 19 heavy (non-hydrogen) atoms. The summed E-state index contributed by atoms with van der Waals surface area (Å²) in [4.78, 5) is -0.231. The molecule has 0 saturated heterocycles. The summed E-state index contributed by atoms with van der Waals surface area (Å²) in [5.41, 5.74) is 0. The van der Waals surface area contributed by atoms with Crippen molar-refractivity contribution in [3.8, 4) is 0 Å². The third-order valence-corrected chi connectivity index (χ3v) is 5.06. The van der Waals surface area contributed by atoms with Crippen molar-refractivity contribution in [3.63, 3.8) is 0 Å². The van der Waals surface area contributed by atoms with E-state index in [1.54, 1.807) is 0 Å². The lowest BCUT2D eigenvalue weighted by molar-refractivity contribution is 0.332. The van der Waals surface area contributed by atoms with E-state index in [0.717, 1.165) is 37.8 Å². The van der Waals surface area contributed by atoms with Crippen LogP contribution in [-0.2, 0) is 10.0 Å². The highest BCUT2D eigenvalue weighted by molar-refractivity contribution is 7.89. The molecular weight excluding hydrogens is 272 g/mol. The Labute approximate surface area is 112 Å². The smallest absolute Gasteiger partial charge is 0.208 e. The van der Waals surface area contributed by atoms with Crippen molar-refractivity contribution in [1.29, 1.82) is 0 Å². The lowest BCUT2D eigenvalue weighted by atomic mass is 9.88. The highest BCUT2D eigenvalue weighted by Gasteiger charge is 2.24. The third-order valence-electron chi connectivity index (χ3n) is 3.54. The van der Waals surface area contributed by atoms with Crippen LogP contribution in [0.5, 0.6) is 0 Å². The standard InChI is InChI=1S/C13H17F2NO2S/c1-9-2-4-10(5-3-9)16-19(17,18)11-6-7-12(14)13(15)8-11/h6-10,16H,2-5H2,1H3. The van der Waals surface area contributed by atoms with Gasteiger partial charge in [-0.05, 0) is 49.8 Å². The Morgan fingerprint density at radius 1 is 1.11 bits per heavy atom. The molecule has 0 radical (unpaired) electrons. The van der Waals surface area contributed by atoms with Gasteiger partial charge >= 0.3 is 0 Å². The van der Waals surface area contributed by atoms with Crippen LogP contribution in [0.2, 0.25) is 0 Å². The lowest BCUT2D eigenvalue weighted by Crippen LogP contribution is -2.37. The maximum absolute atomic E-state index is 13.1. The van der Waals surface area contributed by atoms with Crippen LogP contribution < -0.4 is 4.72 Å². The first-order chi connectivity index (χ1) is 8.88. The van der Waals surface area contributed by atoms with E-state index in [2.05, 4.69) is 11.6 Å². The number of halogens is 2. The predicted octanol–water partition coefficient (Wildman–Crippen LogP) is 2.82. The van der Waals surface area contributed by atoms with Gasteiger partial charge in [0.15, 0.2) is 11.6 Å². The van der Waals surface area contributed by atoms with Crippen molar-refractivity contribution < 1.29 is 17.2 Å². The van der Waals surface area contributed by atoms with Crippen LogP contribution in [0.1, 0.15) is 32.6 Å². The molecule has 1 aromatic rings. The van der Waals surface area contributed by atoms with Gasteiger partial charge in [-0.3, -0.25) is 0 Å². The first-order valence-electron chi connectivity index (χ1n) is 6.36. The van der Waals surface area contributed by atoms with Crippen LogP contribution in [0.4, 0.5) is 8.78 Å². The molecule has 0 amide bonds. The Bertz CT molecular complexity index is 552. The zero-order chi connectivity index (χ0) is 14.0. The molecule has 1 aliphatic rings. The average molecular weight is 289 g/mol. The topological polar surface area (TPSA) is 46.2 Å². The Morgan fingerprint density at radius 3 is 2.32 bits per heavy atom. The summed E-state index contributed by atoms with van der Waals surface area (Å²) in [6, 6.07) is 2.50. The number of rotatable bonds is 3. The van der Waals surface area contributed by atoms with Crippen LogP contribution >= 0.6 is 0 Å². The number of hydrogen-bond donors (Lipinski definition) is 1. The van der Waals surface area contributed by atoms with E-state index in [-0.39, 0.29) is 10.9 Å². The highest BCUT2D eigenvalue weighted by Crippen LogP contribution is 2.25. The third kappa shape index (κ3) is 3.51. The maximum Gasteiger partial charge on any atom is 0.240 e. The monoisotopic (exact) mass is 289 g/mol. The molecule has 0 bridgehead atoms. The second kappa shape index (κ2) is 5.54.